The van der Waals surface area contributed by atoms with Gasteiger partial charge in [-0.3, -0.25) is 10.1 Å². The Bertz CT molecular complexity index is 483. The van der Waals surface area contributed by atoms with Crippen LogP contribution in [0.2, 0.25) is 0 Å². The normalized spacial score (nSPS) is 27.5. The van der Waals surface area contributed by atoms with Crippen LogP contribution >= 0.6 is 0 Å². The number of alkyl carbamates (subject to hydrolysis) is 1. The molecule has 3 rings (SSSR count). The van der Waals surface area contributed by atoms with Gasteiger partial charge in [0, 0.05) is 12.0 Å². The third kappa shape index (κ3) is 1.10. The fraction of sp³-hybridized carbons (Fsp3) is 0.333. The molecule has 4 heteroatoms. The number of hydrogen-bond acceptors (Lipinski definition) is 3. The number of fused-ring (bicyclic) bond motifs is 2. The molecule has 0 aromatic heterocycles. The number of benzene rings is 1. The quantitative estimate of drug-likeness (QED) is 0.716. The second-order valence-corrected chi connectivity index (χ2v) is 4.18. The van der Waals surface area contributed by atoms with E-state index in [9.17, 15) is 9.59 Å². The lowest BCUT2D eigenvalue weighted by Gasteiger charge is -2.31. The van der Waals surface area contributed by atoms with Crippen LogP contribution in [0.25, 0.3) is 0 Å². The number of imide groups is 1. The third-order valence-corrected chi connectivity index (χ3v) is 3.28. The molecular formula is C12H11NO3. The number of rotatable bonds is 0. The van der Waals surface area contributed by atoms with E-state index in [-0.39, 0.29) is 5.91 Å². The Balaban J connectivity index is 2.17. The number of carbonyl (C=O) groups is 2. The highest BCUT2D eigenvalue weighted by atomic mass is 16.6. The van der Waals surface area contributed by atoms with Crippen molar-refractivity contribution in [3.63, 3.8) is 0 Å². The Kier molecular flexibility index (Phi) is 1.80. The molecule has 1 aromatic carbocycles. The van der Waals surface area contributed by atoms with Crippen LogP contribution in [-0.2, 0) is 21.6 Å². The van der Waals surface area contributed by atoms with Gasteiger partial charge in [0.2, 0.25) is 5.60 Å². The molecule has 2 aliphatic rings. The van der Waals surface area contributed by atoms with Crippen molar-refractivity contribution in [3.8, 4) is 0 Å². The van der Waals surface area contributed by atoms with Gasteiger partial charge in [-0.15, -0.1) is 0 Å². The standard InChI is InChI=1S/C12H11NO3/c14-10-12(16-11(15)13-10)7-3-5-8-4-1-2-6-9(8)12/h1-2,4,6H,3,5,7H2,(H,13,14,15)/t12-/m1/s1. The molecule has 1 aliphatic heterocycles. The zero-order valence-electron chi connectivity index (χ0n) is 8.66. The molecule has 1 N–H and O–H groups in total. The molecule has 1 heterocycles. The summed E-state index contributed by atoms with van der Waals surface area (Å²) < 4.78 is 5.23. The zero-order valence-corrected chi connectivity index (χ0v) is 8.66. The number of amides is 2. The summed E-state index contributed by atoms with van der Waals surface area (Å²) in [4.78, 5) is 23.0. The molecule has 0 bridgehead atoms. The lowest BCUT2D eigenvalue weighted by molar-refractivity contribution is -0.133. The van der Waals surface area contributed by atoms with Gasteiger partial charge in [-0.05, 0) is 18.4 Å². The molecule has 2 amide bonds. The van der Waals surface area contributed by atoms with Crippen LogP contribution < -0.4 is 5.32 Å². The molecule has 82 valence electrons. The van der Waals surface area contributed by atoms with E-state index < -0.39 is 11.7 Å². The number of nitrogens with one attached hydrogen (secondary N) is 1. The minimum atomic E-state index is -1.06. The third-order valence-electron chi connectivity index (χ3n) is 3.28. The highest BCUT2D eigenvalue weighted by Crippen LogP contribution is 2.40. The molecule has 1 fully saturated rings. The van der Waals surface area contributed by atoms with Crippen molar-refractivity contribution in [1.82, 2.24) is 5.32 Å². The van der Waals surface area contributed by atoms with E-state index >= 15 is 0 Å². The SMILES string of the molecule is O=C1NC(=O)[C@]2(CCCc3ccccc32)O1. The van der Waals surface area contributed by atoms with Gasteiger partial charge in [-0.25, -0.2) is 4.79 Å². The highest BCUT2D eigenvalue weighted by molar-refractivity contribution is 6.03. The van der Waals surface area contributed by atoms with E-state index in [0.29, 0.717) is 6.42 Å². The second-order valence-electron chi connectivity index (χ2n) is 4.18. The average molecular weight is 217 g/mol. The van der Waals surface area contributed by atoms with Crippen LogP contribution in [0, 0.1) is 0 Å². The monoisotopic (exact) mass is 217 g/mol. The summed E-state index contributed by atoms with van der Waals surface area (Å²) in [5.41, 5.74) is 0.870. The molecule has 0 radical (unpaired) electrons. The summed E-state index contributed by atoms with van der Waals surface area (Å²) >= 11 is 0. The first kappa shape index (κ1) is 9.39. The first-order valence-electron chi connectivity index (χ1n) is 5.35. The summed E-state index contributed by atoms with van der Waals surface area (Å²) in [5, 5.41) is 2.22. The molecule has 1 atom stereocenters. The fourth-order valence-electron chi connectivity index (χ4n) is 2.56. The van der Waals surface area contributed by atoms with E-state index in [0.717, 1.165) is 24.0 Å². The van der Waals surface area contributed by atoms with Crippen molar-refractivity contribution in [2.45, 2.75) is 24.9 Å². The maximum absolute atomic E-state index is 11.9. The van der Waals surface area contributed by atoms with Gasteiger partial charge in [0.15, 0.2) is 0 Å². The van der Waals surface area contributed by atoms with Gasteiger partial charge in [-0.2, -0.15) is 0 Å². The van der Waals surface area contributed by atoms with Gasteiger partial charge in [0.05, 0.1) is 0 Å². The Morgan fingerprint density at radius 3 is 2.81 bits per heavy atom. The molecule has 1 aromatic rings. The van der Waals surface area contributed by atoms with Crippen molar-refractivity contribution >= 4 is 12.0 Å². The zero-order chi connectivity index (χ0) is 11.2. The molecule has 1 spiro atoms. The summed E-state index contributed by atoms with van der Waals surface area (Å²) in [6.07, 6.45) is 1.73. The number of aryl methyl sites for hydroxylation is 1. The Hall–Kier alpha value is -1.84. The molecule has 0 saturated carbocycles. The Morgan fingerprint density at radius 1 is 1.25 bits per heavy atom. The smallest absolute Gasteiger partial charge is 0.415 e. The van der Waals surface area contributed by atoms with E-state index in [1.165, 1.54) is 0 Å². The molecule has 1 aliphatic carbocycles. The maximum atomic E-state index is 11.9. The van der Waals surface area contributed by atoms with Crippen molar-refractivity contribution in [2.24, 2.45) is 0 Å². The van der Waals surface area contributed by atoms with Crippen LogP contribution in [0.4, 0.5) is 4.79 Å². The minimum Gasteiger partial charge on any atom is -0.427 e. The number of hydrogen-bond donors (Lipinski definition) is 1. The predicted molar refractivity (Wildman–Crippen MR) is 55.7 cm³/mol. The van der Waals surface area contributed by atoms with Gasteiger partial charge >= 0.3 is 6.09 Å². The van der Waals surface area contributed by atoms with Crippen molar-refractivity contribution < 1.29 is 14.3 Å². The van der Waals surface area contributed by atoms with E-state index in [2.05, 4.69) is 5.32 Å². The van der Waals surface area contributed by atoms with E-state index in [1.807, 2.05) is 24.3 Å². The summed E-state index contributed by atoms with van der Waals surface area (Å²) in [6.45, 7) is 0. The van der Waals surface area contributed by atoms with Crippen LogP contribution in [0.1, 0.15) is 24.0 Å². The van der Waals surface area contributed by atoms with Crippen LogP contribution in [0.3, 0.4) is 0 Å². The minimum absolute atomic E-state index is 0.329. The summed E-state index contributed by atoms with van der Waals surface area (Å²) in [7, 11) is 0. The lowest BCUT2D eigenvalue weighted by atomic mass is 9.79. The molecule has 4 nitrogen and oxygen atoms in total. The maximum Gasteiger partial charge on any atom is 0.415 e. The largest absolute Gasteiger partial charge is 0.427 e. The first-order chi connectivity index (χ1) is 7.72. The first-order valence-corrected chi connectivity index (χ1v) is 5.35. The summed E-state index contributed by atoms with van der Waals surface area (Å²) in [6, 6.07) is 7.65. The van der Waals surface area contributed by atoms with Crippen molar-refractivity contribution in [1.29, 1.82) is 0 Å². The Morgan fingerprint density at radius 2 is 2.06 bits per heavy atom. The Labute approximate surface area is 92.6 Å². The van der Waals surface area contributed by atoms with Gasteiger partial charge in [-0.1, -0.05) is 24.3 Å². The van der Waals surface area contributed by atoms with Crippen LogP contribution in [0.5, 0.6) is 0 Å². The molecule has 16 heavy (non-hydrogen) atoms. The molecule has 0 unspecified atom stereocenters. The molecule has 1 saturated heterocycles. The fourth-order valence-corrected chi connectivity index (χ4v) is 2.56. The van der Waals surface area contributed by atoms with Crippen molar-refractivity contribution in [3.05, 3.63) is 35.4 Å². The second kappa shape index (κ2) is 3.07. The highest BCUT2D eigenvalue weighted by Gasteiger charge is 2.52. The van der Waals surface area contributed by atoms with Gasteiger partial charge in [0.1, 0.15) is 0 Å². The number of carbonyl (C=O) groups excluding carboxylic acids is 2. The van der Waals surface area contributed by atoms with Crippen molar-refractivity contribution in [2.75, 3.05) is 0 Å². The van der Waals surface area contributed by atoms with Gasteiger partial charge < -0.3 is 4.74 Å². The van der Waals surface area contributed by atoms with Crippen LogP contribution in [-0.4, -0.2) is 12.0 Å². The van der Waals surface area contributed by atoms with Gasteiger partial charge in [0.25, 0.3) is 5.91 Å². The van der Waals surface area contributed by atoms with E-state index in [1.54, 1.807) is 0 Å². The summed E-state index contributed by atoms with van der Waals surface area (Å²) in [5.74, 6) is -0.329. The molecular weight excluding hydrogens is 206 g/mol. The number of ether oxygens (including phenoxy) is 1. The average Bonchev–Trinajstić information content (AvgIpc) is 2.55. The van der Waals surface area contributed by atoms with Crippen LogP contribution in [0.15, 0.2) is 24.3 Å². The predicted octanol–water partition coefficient (Wildman–Crippen LogP) is 1.48. The van der Waals surface area contributed by atoms with E-state index in [4.69, 9.17) is 4.74 Å². The lowest BCUT2D eigenvalue weighted by Crippen LogP contribution is -2.39. The topological polar surface area (TPSA) is 55.4 Å².